The van der Waals surface area contributed by atoms with Crippen LogP contribution in [0.25, 0.3) is 0 Å². The van der Waals surface area contributed by atoms with Crippen LogP contribution in [0.15, 0.2) is 0 Å². The maximum absolute atomic E-state index is 11.0. The Hall–Kier alpha value is -1.73. The first-order chi connectivity index (χ1) is 8.43. The second-order valence-electron chi connectivity index (χ2n) is 4.58. The van der Waals surface area contributed by atoms with E-state index in [1.807, 2.05) is 0 Å². The molecule has 1 saturated heterocycles. The minimum absolute atomic E-state index is 0.140. The Bertz CT molecular complexity index is 536. The number of esters is 1. The van der Waals surface area contributed by atoms with E-state index in [1.54, 1.807) is 0 Å². The fourth-order valence-electron chi connectivity index (χ4n) is 2.73. The summed E-state index contributed by atoms with van der Waals surface area (Å²) < 4.78 is 11.7. The molecule has 1 aromatic heterocycles. The van der Waals surface area contributed by atoms with Gasteiger partial charge in [-0.1, -0.05) is 0 Å². The van der Waals surface area contributed by atoms with E-state index in [4.69, 9.17) is 9.47 Å². The molecule has 0 radical (unpaired) electrons. The normalized spacial score (nSPS) is 32.6. The molecule has 2 unspecified atom stereocenters. The van der Waals surface area contributed by atoms with Gasteiger partial charge in [-0.15, -0.1) is 0 Å². The van der Waals surface area contributed by atoms with E-state index in [2.05, 4.69) is 0 Å². The molecule has 3 heterocycles. The van der Waals surface area contributed by atoms with Crippen molar-refractivity contribution >= 4 is 5.97 Å². The third-order valence-electron chi connectivity index (χ3n) is 3.52. The SMILES string of the molecule is CC(=O)OC1C2O[C@@H](c3c2c(O)n(C)c3O)[C@H]1O. The molecule has 2 bridgehead atoms. The number of hydrogen-bond donors (Lipinski definition) is 3. The summed E-state index contributed by atoms with van der Waals surface area (Å²) in [7, 11) is 1.50. The van der Waals surface area contributed by atoms with Gasteiger partial charge in [-0.3, -0.25) is 9.36 Å². The average molecular weight is 255 g/mol. The minimum Gasteiger partial charge on any atom is -0.494 e. The van der Waals surface area contributed by atoms with Crippen LogP contribution >= 0.6 is 0 Å². The molecule has 0 spiro atoms. The highest BCUT2D eigenvalue weighted by molar-refractivity contribution is 5.67. The minimum atomic E-state index is -1.04. The first kappa shape index (κ1) is 11.4. The number of aliphatic hydroxyl groups excluding tert-OH is 1. The van der Waals surface area contributed by atoms with Crippen molar-refractivity contribution in [1.29, 1.82) is 0 Å². The summed E-state index contributed by atoms with van der Waals surface area (Å²) in [6, 6.07) is 0. The fourth-order valence-corrected chi connectivity index (χ4v) is 2.73. The molecule has 0 aromatic carbocycles. The third kappa shape index (κ3) is 1.17. The molecular formula is C11H13NO6. The molecule has 0 aliphatic carbocycles. The molecule has 0 amide bonds. The Morgan fingerprint density at radius 2 is 1.83 bits per heavy atom. The van der Waals surface area contributed by atoms with Crippen LogP contribution < -0.4 is 0 Å². The monoisotopic (exact) mass is 255 g/mol. The molecule has 1 aromatic rings. The van der Waals surface area contributed by atoms with Gasteiger partial charge in [-0.25, -0.2) is 0 Å². The molecular weight excluding hydrogens is 242 g/mol. The standard InChI is InChI=1S/C11H13NO6/c1-3(13)17-9-6(14)7-4-5(8(9)18-7)11(16)12(2)10(4)15/h6-9,14-16H,1-2H3/t6-,7+,8?,9?/m1/s1. The van der Waals surface area contributed by atoms with Gasteiger partial charge in [0.1, 0.15) is 18.3 Å². The summed E-state index contributed by atoms with van der Waals surface area (Å²) in [5, 5.41) is 29.7. The van der Waals surface area contributed by atoms with Gasteiger partial charge in [0.15, 0.2) is 17.9 Å². The number of carbonyl (C=O) groups excluding carboxylic acids is 1. The van der Waals surface area contributed by atoms with E-state index < -0.39 is 30.4 Å². The largest absolute Gasteiger partial charge is 0.494 e. The number of ether oxygens (including phenoxy) is 2. The van der Waals surface area contributed by atoms with Crippen molar-refractivity contribution < 1.29 is 29.6 Å². The average Bonchev–Trinajstić information content (AvgIpc) is 2.89. The van der Waals surface area contributed by atoms with Crippen molar-refractivity contribution in [2.45, 2.75) is 31.3 Å². The van der Waals surface area contributed by atoms with E-state index in [1.165, 1.54) is 18.5 Å². The molecule has 98 valence electrons. The van der Waals surface area contributed by atoms with E-state index in [0.717, 1.165) is 0 Å². The second-order valence-corrected chi connectivity index (χ2v) is 4.58. The van der Waals surface area contributed by atoms with E-state index in [9.17, 15) is 20.1 Å². The number of rotatable bonds is 1. The van der Waals surface area contributed by atoms with Gasteiger partial charge in [-0.05, 0) is 0 Å². The van der Waals surface area contributed by atoms with Crippen LogP contribution in [0.5, 0.6) is 11.8 Å². The van der Waals surface area contributed by atoms with Crippen LogP contribution in [0.3, 0.4) is 0 Å². The van der Waals surface area contributed by atoms with Crippen LogP contribution in [0.4, 0.5) is 0 Å². The molecule has 2 aliphatic rings. The van der Waals surface area contributed by atoms with E-state index >= 15 is 0 Å². The highest BCUT2D eigenvalue weighted by atomic mass is 16.6. The van der Waals surface area contributed by atoms with Crippen molar-refractivity contribution in [3.63, 3.8) is 0 Å². The van der Waals surface area contributed by atoms with Crippen molar-refractivity contribution in [1.82, 2.24) is 4.57 Å². The van der Waals surface area contributed by atoms with Crippen molar-refractivity contribution in [2.75, 3.05) is 0 Å². The number of aliphatic hydroxyl groups is 1. The molecule has 7 nitrogen and oxygen atoms in total. The molecule has 1 fully saturated rings. The first-order valence-electron chi connectivity index (χ1n) is 5.54. The Morgan fingerprint density at radius 3 is 2.39 bits per heavy atom. The van der Waals surface area contributed by atoms with Gasteiger partial charge in [-0.2, -0.15) is 0 Å². The highest BCUT2D eigenvalue weighted by Crippen LogP contribution is 2.58. The van der Waals surface area contributed by atoms with Crippen molar-refractivity contribution in [3.8, 4) is 11.8 Å². The van der Waals surface area contributed by atoms with Crippen molar-refractivity contribution in [2.24, 2.45) is 7.05 Å². The zero-order valence-electron chi connectivity index (χ0n) is 9.82. The van der Waals surface area contributed by atoms with E-state index in [0.29, 0.717) is 11.1 Å². The van der Waals surface area contributed by atoms with Gasteiger partial charge < -0.3 is 24.8 Å². The molecule has 0 saturated carbocycles. The Balaban J connectivity index is 2.08. The lowest BCUT2D eigenvalue weighted by atomic mass is 9.90. The lowest BCUT2D eigenvalue weighted by Crippen LogP contribution is -2.34. The summed E-state index contributed by atoms with van der Waals surface area (Å²) in [5.74, 6) is -0.814. The number of carbonyl (C=O) groups is 1. The maximum atomic E-state index is 11.0. The smallest absolute Gasteiger partial charge is 0.303 e. The summed E-state index contributed by atoms with van der Waals surface area (Å²) >= 11 is 0. The Kier molecular flexibility index (Phi) is 2.14. The van der Waals surface area contributed by atoms with Crippen molar-refractivity contribution in [3.05, 3.63) is 11.1 Å². The van der Waals surface area contributed by atoms with Gasteiger partial charge in [0.05, 0.1) is 11.1 Å². The third-order valence-corrected chi connectivity index (χ3v) is 3.52. The summed E-state index contributed by atoms with van der Waals surface area (Å²) in [6.45, 7) is 1.24. The van der Waals surface area contributed by atoms with E-state index in [-0.39, 0.29) is 11.8 Å². The summed E-state index contributed by atoms with van der Waals surface area (Å²) in [4.78, 5) is 11.0. The van der Waals surface area contributed by atoms with Crippen LogP contribution in [-0.4, -0.2) is 38.1 Å². The highest BCUT2D eigenvalue weighted by Gasteiger charge is 2.57. The van der Waals surface area contributed by atoms with Gasteiger partial charge in [0.25, 0.3) is 0 Å². The van der Waals surface area contributed by atoms with Crippen LogP contribution in [0, 0.1) is 0 Å². The maximum Gasteiger partial charge on any atom is 0.303 e. The van der Waals surface area contributed by atoms with Gasteiger partial charge in [0, 0.05) is 14.0 Å². The quantitative estimate of drug-likeness (QED) is 0.603. The number of nitrogens with zero attached hydrogens (tertiary/aromatic N) is 1. The van der Waals surface area contributed by atoms with Gasteiger partial charge >= 0.3 is 5.97 Å². The fraction of sp³-hybridized carbons (Fsp3) is 0.545. The second kappa shape index (κ2) is 3.39. The lowest BCUT2D eigenvalue weighted by Gasteiger charge is -2.23. The predicted octanol–water partition coefficient (Wildman–Crippen LogP) is -0.145. The first-order valence-corrected chi connectivity index (χ1v) is 5.54. The van der Waals surface area contributed by atoms with Crippen LogP contribution in [0.2, 0.25) is 0 Å². The molecule has 7 heteroatoms. The topological polar surface area (TPSA) is 101 Å². The number of aromatic hydroxyl groups is 2. The number of hydrogen-bond acceptors (Lipinski definition) is 6. The number of fused-ring (bicyclic) bond motifs is 5. The molecule has 3 rings (SSSR count). The zero-order valence-corrected chi connectivity index (χ0v) is 9.82. The molecule has 2 aliphatic heterocycles. The molecule has 3 N–H and O–H groups in total. The summed E-state index contributed by atoms with van der Waals surface area (Å²) in [5.41, 5.74) is 0.757. The Morgan fingerprint density at radius 1 is 1.28 bits per heavy atom. The lowest BCUT2D eigenvalue weighted by molar-refractivity contribution is -0.153. The number of aromatic nitrogens is 1. The Labute approximate surface area is 102 Å². The molecule has 18 heavy (non-hydrogen) atoms. The van der Waals surface area contributed by atoms with Crippen LogP contribution in [0.1, 0.15) is 30.3 Å². The summed E-state index contributed by atoms with van der Waals surface area (Å²) in [6.07, 6.45) is -3.41. The molecule has 4 atom stereocenters. The van der Waals surface area contributed by atoms with Crippen LogP contribution in [-0.2, 0) is 21.3 Å². The zero-order chi connectivity index (χ0) is 13.2. The van der Waals surface area contributed by atoms with Gasteiger partial charge in [0.2, 0.25) is 0 Å². The predicted molar refractivity (Wildman–Crippen MR) is 56.9 cm³/mol.